The summed E-state index contributed by atoms with van der Waals surface area (Å²) in [6, 6.07) is 8.46. The first-order valence-electron chi connectivity index (χ1n) is 6.32. The highest BCUT2D eigenvalue weighted by molar-refractivity contribution is 5.30. The Kier molecular flexibility index (Phi) is 3.97. The van der Waals surface area contributed by atoms with E-state index < -0.39 is 0 Å². The summed E-state index contributed by atoms with van der Waals surface area (Å²) in [5, 5.41) is 13.8. The second-order valence-corrected chi connectivity index (χ2v) is 4.55. The molecule has 0 amide bonds. The Morgan fingerprint density at radius 1 is 1.38 bits per heavy atom. The molecular formula is C14H21NO. The lowest BCUT2D eigenvalue weighted by Crippen LogP contribution is -2.39. The third kappa shape index (κ3) is 2.45. The predicted octanol–water partition coefficient (Wildman–Crippen LogP) is 2.42. The Hall–Kier alpha value is -0.860. The van der Waals surface area contributed by atoms with Gasteiger partial charge in [0.15, 0.2) is 0 Å². The van der Waals surface area contributed by atoms with Crippen molar-refractivity contribution in [3.8, 4) is 0 Å². The molecule has 0 radical (unpaired) electrons. The Bertz CT molecular complexity index is 331. The van der Waals surface area contributed by atoms with E-state index >= 15 is 0 Å². The molecule has 2 nitrogen and oxygen atoms in total. The van der Waals surface area contributed by atoms with E-state index in [2.05, 4.69) is 24.4 Å². The normalized spacial score (nSPS) is 23.0. The SMILES string of the molecule is CCc1ccccc1C(O)C1CCCCN1. The van der Waals surface area contributed by atoms with Gasteiger partial charge >= 0.3 is 0 Å². The van der Waals surface area contributed by atoms with Gasteiger partial charge in [-0.1, -0.05) is 37.6 Å². The van der Waals surface area contributed by atoms with Crippen LogP contribution >= 0.6 is 0 Å². The summed E-state index contributed by atoms with van der Waals surface area (Å²) in [6.45, 7) is 3.18. The Morgan fingerprint density at radius 3 is 2.88 bits per heavy atom. The van der Waals surface area contributed by atoms with Gasteiger partial charge in [-0.25, -0.2) is 0 Å². The summed E-state index contributed by atoms with van der Waals surface area (Å²) in [5.74, 6) is 0. The average Bonchev–Trinajstić information content (AvgIpc) is 2.39. The van der Waals surface area contributed by atoms with Crippen LogP contribution in [0.1, 0.15) is 43.4 Å². The summed E-state index contributed by atoms with van der Waals surface area (Å²) in [4.78, 5) is 0. The summed E-state index contributed by atoms with van der Waals surface area (Å²) < 4.78 is 0. The standard InChI is InChI=1S/C14H21NO/c1-2-11-7-3-4-8-12(11)14(16)13-9-5-6-10-15-13/h3-4,7-8,13-16H,2,5-6,9-10H2,1H3. The lowest BCUT2D eigenvalue weighted by atomic mass is 9.91. The van der Waals surface area contributed by atoms with E-state index in [9.17, 15) is 5.11 Å². The molecule has 0 spiro atoms. The quantitative estimate of drug-likeness (QED) is 0.818. The van der Waals surface area contributed by atoms with Crippen LogP contribution in [-0.4, -0.2) is 17.7 Å². The monoisotopic (exact) mass is 219 g/mol. The minimum absolute atomic E-state index is 0.237. The Morgan fingerprint density at radius 2 is 2.19 bits per heavy atom. The summed E-state index contributed by atoms with van der Waals surface area (Å²) in [6.07, 6.45) is 4.18. The van der Waals surface area contributed by atoms with Crippen molar-refractivity contribution in [2.24, 2.45) is 0 Å². The molecule has 1 saturated heterocycles. The molecule has 16 heavy (non-hydrogen) atoms. The van der Waals surface area contributed by atoms with E-state index in [1.807, 2.05) is 12.1 Å². The Balaban J connectivity index is 2.15. The number of aliphatic hydroxyl groups excluding tert-OH is 1. The molecule has 1 aromatic rings. The van der Waals surface area contributed by atoms with E-state index in [4.69, 9.17) is 0 Å². The van der Waals surface area contributed by atoms with E-state index in [0.717, 1.165) is 24.9 Å². The van der Waals surface area contributed by atoms with Crippen LogP contribution in [0, 0.1) is 0 Å². The number of hydrogen-bond acceptors (Lipinski definition) is 2. The van der Waals surface area contributed by atoms with Crippen LogP contribution < -0.4 is 5.32 Å². The van der Waals surface area contributed by atoms with Gasteiger partial charge < -0.3 is 10.4 Å². The number of nitrogens with one attached hydrogen (secondary N) is 1. The van der Waals surface area contributed by atoms with Crippen LogP contribution in [0.25, 0.3) is 0 Å². The van der Waals surface area contributed by atoms with Crippen molar-refractivity contribution < 1.29 is 5.11 Å². The van der Waals surface area contributed by atoms with Crippen molar-refractivity contribution >= 4 is 0 Å². The molecule has 1 heterocycles. The van der Waals surface area contributed by atoms with Crippen LogP contribution in [-0.2, 0) is 6.42 Å². The van der Waals surface area contributed by atoms with Crippen LogP contribution in [0.5, 0.6) is 0 Å². The number of rotatable bonds is 3. The minimum Gasteiger partial charge on any atom is -0.387 e. The lowest BCUT2D eigenvalue weighted by Gasteiger charge is -2.29. The molecule has 0 aromatic heterocycles. The maximum atomic E-state index is 10.4. The first-order valence-corrected chi connectivity index (χ1v) is 6.32. The molecule has 0 aliphatic carbocycles. The molecule has 2 N–H and O–H groups in total. The zero-order valence-corrected chi connectivity index (χ0v) is 9.95. The average molecular weight is 219 g/mol. The van der Waals surface area contributed by atoms with Crippen molar-refractivity contribution in [3.63, 3.8) is 0 Å². The van der Waals surface area contributed by atoms with Gasteiger partial charge in [-0.05, 0) is 36.9 Å². The first-order chi connectivity index (χ1) is 7.83. The van der Waals surface area contributed by atoms with Gasteiger partial charge in [-0.15, -0.1) is 0 Å². The van der Waals surface area contributed by atoms with E-state index in [0.29, 0.717) is 0 Å². The maximum Gasteiger partial charge on any atom is 0.0945 e. The first kappa shape index (κ1) is 11.6. The highest BCUT2D eigenvalue weighted by atomic mass is 16.3. The van der Waals surface area contributed by atoms with Crippen molar-refractivity contribution in [1.82, 2.24) is 5.32 Å². The van der Waals surface area contributed by atoms with Gasteiger partial charge in [0.1, 0.15) is 0 Å². The van der Waals surface area contributed by atoms with Crippen LogP contribution in [0.15, 0.2) is 24.3 Å². The number of aliphatic hydroxyl groups is 1. The lowest BCUT2D eigenvalue weighted by molar-refractivity contribution is 0.113. The van der Waals surface area contributed by atoms with Gasteiger partial charge in [0, 0.05) is 6.04 Å². The molecular weight excluding hydrogens is 198 g/mol. The maximum absolute atomic E-state index is 10.4. The van der Waals surface area contributed by atoms with Crippen LogP contribution in [0.3, 0.4) is 0 Å². The zero-order valence-electron chi connectivity index (χ0n) is 9.95. The van der Waals surface area contributed by atoms with Gasteiger partial charge in [-0.3, -0.25) is 0 Å². The number of hydrogen-bond donors (Lipinski definition) is 2. The molecule has 1 fully saturated rings. The van der Waals surface area contributed by atoms with Gasteiger partial charge in [-0.2, -0.15) is 0 Å². The highest BCUT2D eigenvalue weighted by Gasteiger charge is 2.23. The molecule has 2 rings (SSSR count). The molecule has 1 aromatic carbocycles. The van der Waals surface area contributed by atoms with Gasteiger partial charge in [0.2, 0.25) is 0 Å². The molecule has 88 valence electrons. The van der Waals surface area contributed by atoms with E-state index in [1.165, 1.54) is 18.4 Å². The molecule has 0 bridgehead atoms. The summed E-state index contributed by atoms with van der Waals surface area (Å²) in [5.41, 5.74) is 2.37. The fourth-order valence-electron chi connectivity index (χ4n) is 2.51. The van der Waals surface area contributed by atoms with Crippen molar-refractivity contribution in [2.45, 2.75) is 44.8 Å². The Labute approximate surface area is 97.7 Å². The van der Waals surface area contributed by atoms with E-state index in [-0.39, 0.29) is 12.1 Å². The third-order valence-electron chi connectivity index (χ3n) is 3.48. The van der Waals surface area contributed by atoms with Crippen molar-refractivity contribution in [1.29, 1.82) is 0 Å². The van der Waals surface area contributed by atoms with Gasteiger partial charge in [0.25, 0.3) is 0 Å². The van der Waals surface area contributed by atoms with E-state index in [1.54, 1.807) is 0 Å². The molecule has 1 aliphatic rings. The zero-order chi connectivity index (χ0) is 11.4. The molecule has 2 atom stereocenters. The smallest absolute Gasteiger partial charge is 0.0945 e. The number of benzene rings is 1. The second kappa shape index (κ2) is 5.46. The predicted molar refractivity (Wildman–Crippen MR) is 66.4 cm³/mol. The van der Waals surface area contributed by atoms with Crippen LogP contribution in [0.2, 0.25) is 0 Å². The molecule has 2 heteroatoms. The van der Waals surface area contributed by atoms with Crippen molar-refractivity contribution in [3.05, 3.63) is 35.4 Å². The largest absolute Gasteiger partial charge is 0.387 e. The van der Waals surface area contributed by atoms with Crippen molar-refractivity contribution in [2.75, 3.05) is 6.54 Å². The van der Waals surface area contributed by atoms with Crippen LogP contribution in [0.4, 0.5) is 0 Å². The number of piperidine rings is 1. The topological polar surface area (TPSA) is 32.3 Å². The second-order valence-electron chi connectivity index (χ2n) is 4.55. The third-order valence-corrected chi connectivity index (χ3v) is 3.48. The number of aryl methyl sites for hydroxylation is 1. The molecule has 1 aliphatic heterocycles. The molecule has 2 unspecified atom stereocenters. The minimum atomic E-state index is -0.351. The van der Waals surface area contributed by atoms with Gasteiger partial charge in [0.05, 0.1) is 6.10 Å². The summed E-state index contributed by atoms with van der Waals surface area (Å²) >= 11 is 0. The summed E-state index contributed by atoms with van der Waals surface area (Å²) in [7, 11) is 0. The molecule has 0 saturated carbocycles. The fourth-order valence-corrected chi connectivity index (χ4v) is 2.51. The highest BCUT2D eigenvalue weighted by Crippen LogP contribution is 2.25. The fraction of sp³-hybridized carbons (Fsp3) is 0.571.